The molecule has 9 heteroatoms. The number of nitrogens with zero attached hydrogens (tertiary/aromatic N) is 2. The van der Waals surface area contributed by atoms with Crippen molar-refractivity contribution in [1.29, 1.82) is 0 Å². The van der Waals surface area contributed by atoms with Gasteiger partial charge in [0.15, 0.2) is 6.33 Å². The predicted molar refractivity (Wildman–Crippen MR) is 56.6 cm³/mol. The molecule has 84 valence electrons. The standard InChI is InChI=1S/C6H10N4O3S2/c7-5(14)3-15(11,12)10-2-1-6-8-4-9-13-6/h4,10H,1-3H2,(H2,7,14). The van der Waals surface area contributed by atoms with E-state index >= 15 is 0 Å². The van der Waals surface area contributed by atoms with Crippen LogP contribution in [0.2, 0.25) is 0 Å². The third kappa shape index (κ3) is 4.81. The van der Waals surface area contributed by atoms with Crippen LogP contribution in [0.5, 0.6) is 0 Å². The Labute approximate surface area is 92.1 Å². The number of hydrogen-bond acceptors (Lipinski definition) is 6. The van der Waals surface area contributed by atoms with Gasteiger partial charge in [-0.05, 0) is 0 Å². The highest BCUT2D eigenvalue weighted by molar-refractivity contribution is 7.92. The molecule has 0 aliphatic rings. The number of nitrogens with one attached hydrogen (secondary N) is 1. The Hall–Kier alpha value is -1.06. The topological polar surface area (TPSA) is 111 Å². The summed E-state index contributed by atoms with van der Waals surface area (Å²) in [4.78, 5) is 3.66. The van der Waals surface area contributed by atoms with Crippen molar-refractivity contribution in [1.82, 2.24) is 14.9 Å². The number of aromatic nitrogens is 2. The van der Waals surface area contributed by atoms with Gasteiger partial charge in [0.05, 0.1) is 4.99 Å². The molecule has 0 amide bonds. The van der Waals surface area contributed by atoms with Crippen LogP contribution in [-0.4, -0.2) is 35.8 Å². The van der Waals surface area contributed by atoms with Crippen LogP contribution in [0, 0.1) is 0 Å². The molecule has 1 rings (SSSR count). The maximum absolute atomic E-state index is 11.2. The fourth-order valence-electron chi connectivity index (χ4n) is 0.858. The van der Waals surface area contributed by atoms with E-state index in [9.17, 15) is 8.42 Å². The van der Waals surface area contributed by atoms with E-state index in [0.29, 0.717) is 12.3 Å². The minimum Gasteiger partial charge on any atom is -0.392 e. The van der Waals surface area contributed by atoms with Gasteiger partial charge in [-0.25, -0.2) is 13.1 Å². The second kappa shape index (κ2) is 5.14. The number of rotatable bonds is 6. The third-order valence-corrected chi connectivity index (χ3v) is 3.06. The fourth-order valence-corrected chi connectivity index (χ4v) is 2.21. The summed E-state index contributed by atoms with van der Waals surface area (Å²) < 4.78 is 29.4. The summed E-state index contributed by atoms with van der Waals surface area (Å²) in [6.45, 7) is 0.174. The Morgan fingerprint density at radius 2 is 2.40 bits per heavy atom. The number of sulfonamides is 1. The van der Waals surface area contributed by atoms with Gasteiger partial charge in [-0.3, -0.25) is 0 Å². The summed E-state index contributed by atoms with van der Waals surface area (Å²) in [5, 5.41) is 3.38. The average Bonchev–Trinajstić information content (AvgIpc) is 2.53. The van der Waals surface area contributed by atoms with Crippen molar-refractivity contribution in [3.8, 4) is 0 Å². The molecule has 1 aromatic rings. The first-order valence-corrected chi connectivity index (χ1v) is 6.07. The summed E-state index contributed by atoms with van der Waals surface area (Å²) >= 11 is 4.49. The van der Waals surface area contributed by atoms with E-state index in [1.165, 1.54) is 6.33 Å². The van der Waals surface area contributed by atoms with Crippen molar-refractivity contribution in [3.63, 3.8) is 0 Å². The highest BCUT2D eigenvalue weighted by Crippen LogP contribution is 1.92. The molecule has 1 aromatic heterocycles. The lowest BCUT2D eigenvalue weighted by molar-refractivity contribution is 0.377. The van der Waals surface area contributed by atoms with Gasteiger partial charge in [-0.15, -0.1) is 0 Å². The number of nitrogens with two attached hydrogens (primary N) is 1. The normalized spacial score (nSPS) is 11.5. The zero-order valence-electron chi connectivity index (χ0n) is 7.71. The molecule has 0 bridgehead atoms. The summed E-state index contributed by atoms with van der Waals surface area (Å²) in [6.07, 6.45) is 1.58. The summed E-state index contributed by atoms with van der Waals surface area (Å²) in [6, 6.07) is 0. The Kier molecular flexibility index (Phi) is 4.12. The molecule has 0 spiro atoms. The van der Waals surface area contributed by atoms with E-state index in [4.69, 9.17) is 5.73 Å². The van der Waals surface area contributed by atoms with Gasteiger partial charge in [0.2, 0.25) is 15.9 Å². The minimum absolute atomic E-state index is 0.0692. The molecule has 7 nitrogen and oxygen atoms in total. The summed E-state index contributed by atoms with van der Waals surface area (Å²) in [5.74, 6) is 0.0135. The van der Waals surface area contributed by atoms with Gasteiger partial charge in [0, 0.05) is 13.0 Å². The molecule has 0 atom stereocenters. The van der Waals surface area contributed by atoms with Crippen molar-refractivity contribution in [2.24, 2.45) is 5.73 Å². The molecule has 0 aliphatic carbocycles. The van der Waals surface area contributed by atoms with Crippen LogP contribution in [0.3, 0.4) is 0 Å². The van der Waals surface area contributed by atoms with Crippen molar-refractivity contribution >= 4 is 27.2 Å². The predicted octanol–water partition coefficient (Wildman–Crippen LogP) is -1.18. The lowest BCUT2D eigenvalue weighted by Gasteiger charge is -2.03. The molecule has 0 aliphatic heterocycles. The zero-order valence-corrected chi connectivity index (χ0v) is 9.34. The van der Waals surface area contributed by atoms with Crippen LogP contribution in [-0.2, 0) is 16.4 Å². The molecular formula is C6H10N4O3S2. The van der Waals surface area contributed by atoms with Crippen molar-refractivity contribution in [3.05, 3.63) is 12.2 Å². The molecule has 0 unspecified atom stereocenters. The highest BCUT2D eigenvalue weighted by atomic mass is 32.2. The number of hydrogen-bond donors (Lipinski definition) is 2. The first-order chi connectivity index (χ1) is 6.99. The van der Waals surface area contributed by atoms with E-state index in [2.05, 4.69) is 31.6 Å². The second-order valence-electron chi connectivity index (χ2n) is 2.70. The quantitative estimate of drug-likeness (QED) is 0.611. The maximum atomic E-state index is 11.2. The van der Waals surface area contributed by atoms with Crippen molar-refractivity contribution in [2.75, 3.05) is 12.3 Å². The third-order valence-electron chi connectivity index (χ3n) is 1.40. The Morgan fingerprint density at radius 3 is 2.93 bits per heavy atom. The van der Waals surface area contributed by atoms with Crippen LogP contribution in [0.25, 0.3) is 0 Å². The van der Waals surface area contributed by atoms with Gasteiger partial charge < -0.3 is 10.3 Å². The van der Waals surface area contributed by atoms with E-state index in [0.717, 1.165) is 0 Å². The largest absolute Gasteiger partial charge is 0.392 e. The first kappa shape index (κ1) is 12.0. The summed E-state index contributed by atoms with van der Waals surface area (Å²) in [5.41, 5.74) is 5.12. The summed E-state index contributed by atoms with van der Waals surface area (Å²) in [7, 11) is -3.44. The van der Waals surface area contributed by atoms with Crippen LogP contribution in [0.4, 0.5) is 0 Å². The molecule has 0 radical (unpaired) electrons. The van der Waals surface area contributed by atoms with Gasteiger partial charge in [-0.1, -0.05) is 17.4 Å². The average molecular weight is 250 g/mol. The van der Waals surface area contributed by atoms with Gasteiger partial charge in [-0.2, -0.15) is 4.98 Å². The van der Waals surface area contributed by atoms with Gasteiger partial charge in [0.25, 0.3) is 0 Å². The van der Waals surface area contributed by atoms with Crippen LogP contribution in [0.15, 0.2) is 10.9 Å². The highest BCUT2D eigenvalue weighted by Gasteiger charge is 2.11. The maximum Gasteiger partial charge on any atom is 0.227 e. The molecule has 15 heavy (non-hydrogen) atoms. The van der Waals surface area contributed by atoms with E-state index < -0.39 is 10.0 Å². The van der Waals surface area contributed by atoms with Crippen molar-refractivity contribution < 1.29 is 12.9 Å². The monoisotopic (exact) mass is 250 g/mol. The SMILES string of the molecule is NC(=S)CS(=O)(=O)NCCc1ncno1. The fraction of sp³-hybridized carbons (Fsp3) is 0.500. The molecule has 0 saturated carbocycles. The van der Waals surface area contributed by atoms with Crippen molar-refractivity contribution in [2.45, 2.75) is 6.42 Å². The van der Waals surface area contributed by atoms with E-state index in [1.54, 1.807) is 0 Å². The Bertz CT molecular complexity index is 414. The van der Waals surface area contributed by atoms with Gasteiger partial charge in [0.1, 0.15) is 5.75 Å². The Morgan fingerprint density at radius 1 is 1.67 bits per heavy atom. The Balaban J connectivity index is 2.34. The smallest absolute Gasteiger partial charge is 0.227 e. The van der Waals surface area contributed by atoms with E-state index in [1.807, 2.05) is 0 Å². The van der Waals surface area contributed by atoms with E-state index in [-0.39, 0.29) is 17.3 Å². The molecule has 0 fully saturated rings. The van der Waals surface area contributed by atoms with Gasteiger partial charge >= 0.3 is 0 Å². The minimum atomic E-state index is -3.44. The molecule has 3 N–H and O–H groups in total. The van der Waals surface area contributed by atoms with Crippen LogP contribution >= 0.6 is 12.2 Å². The lowest BCUT2D eigenvalue weighted by Crippen LogP contribution is -2.33. The zero-order chi connectivity index (χ0) is 11.3. The number of thiocarbonyl (C=S) groups is 1. The second-order valence-corrected chi connectivity index (χ2v) is 5.04. The molecule has 0 saturated heterocycles. The molecule has 0 aromatic carbocycles. The molecule has 1 heterocycles. The lowest BCUT2D eigenvalue weighted by atomic mass is 10.4. The van der Waals surface area contributed by atoms with Crippen LogP contribution in [0.1, 0.15) is 5.89 Å². The molecular weight excluding hydrogens is 240 g/mol. The first-order valence-electron chi connectivity index (χ1n) is 4.01. The van der Waals surface area contributed by atoms with Crippen LogP contribution < -0.4 is 10.5 Å².